The molecule has 114 valence electrons. The zero-order valence-corrected chi connectivity index (χ0v) is 13.0. The third-order valence-corrected chi connectivity index (χ3v) is 5.46. The Balaban J connectivity index is 1.88. The molecule has 0 radical (unpaired) electrons. The first kappa shape index (κ1) is 14.6. The summed E-state index contributed by atoms with van der Waals surface area (Å²) in [5.74, 6) is 0.0196. The van der Waals surface area contributed by atoms with Crippen molar-refractivity contribution >= 4 is 20.9 Å². The number of nitrogens with one attached hydrogen (secondary N) is 3. The van der Waals surface area contributed by atoms with Gasteiger partial charge in [-0.05, 0) is 56.1 Å². The third-order valence-electron chi connectivity index (χ3n) is 4.13. The van der Waals surface area contributed by atoms with Gasteiger partial charge in [0.1, 0.15) is 0 Å². The Bertz CT molecular complexity index is 730. The maximum atomic E-state index is 11.7. The molecule has 1 aromatic heterocycles. The van der Waals surface area contributed by atoms with E-state index >= 15 is 0 Å². The molecule has 0 aliphatic carbocycles. The fourth-order valence-corrected chi connectivity index (χ4v) is 3.73. The molecule has 1 aromatic carbocycles. The van der Waals surface area contributed by atoms with Crippen molar-refractivity contribution < 1.29 is 8.42 Å². The molecular formula is C15H21N3O2S. The maximum Gasteiger partial charge on any atom is 0.215 e. The Morgan fingerprint density at radius 1 is 1.38 bits per heavy atom. The molecule has 3 rings (SSSR count). The second-order valence-corrected chi connectivity index (χ2v) is 7.58. The molecule has 6 heteroatoms. The number of rotatable bonds is 5. The van der Waals surface area contributed by atoms with Gasteiger partial charge in [-0.2, -0.15) is 0 Å². The van der Waals surface area contributed by atoms with E-state index in [0.717, 1.165) is 29.4 Å². The van der Waals surface area contributed by atoms with Crippen molar-refractivity contribution in [2.45, 2.75) is 31.1 Å². The molecule has 0 saturated carbocycles. The molecule has 1 saturated heterocycles. The van der Waals surface area contributed by atoms with Gasteiger partial charge in [-0.1, -0.05) is 6.07 Å². The molecule has 2 aromatic rings. The molecule has 1 fully saturated rings. The van der Waals surface area contributed by atoms with Gasteiger partial charge in [0.15, 0.2) is 0 Å². The van der Waals surface area contributed by atoms with Gasteiger partial charge < -0.3 is 10.3 Å². The van der Waals surface area contributed by atoms with E-state index in [0.29, 0.717) is 6.04 Å². The second kappa shape index (κ2) is 5.79. The third kappa shape index (κ3) is 3.28. The minimum Gasteiger partial charge on any atom is -0.361 e. The van der Waals surface area contributed by atoms with Crippen molar-refractivity contribution in [1.29, 1.82) is 0 Å². The molecule has 5 nitrogen and oxygen atoms in total. The molecule has 0 bridgehead atoms. The molecule has 0 amide bonds. The highest BCUT2D eigenvalue weighted by molar-refractivity contribution is 7.88. The summed E-state index contributed by atoms with van der Waals surface area (Å²) in [5.41, 5.74) is 3.14. The van der Waals surface area contributed by atoms with Crippen LogP contribution in [-0.4, -0.2) is 33.0 Å². The van der Waals surface area contributed by atoms with Crippen LogP contribution in [-0.2, 0) is 22.2 Å². The summed E-state index contributed by atoms with van der Waals surface area (Å²) in [7, 11) is -1.79. The Hall–Kier alpha value is -1.37. The van der Waals surface area contributed by atoms with Crippen LogP contribution in [0.15, 0.2) is 24.4 Å². The summed E-state index contributed by atoms with van der Waals surface area (Å²) in [5, 5.41) is 4.63. The van der Waals surface area contributed by atoms with Crippen LogP contribution in [0.25, 0.3) is 10.9 Å². The topological polar surface area (TPSA) is 74.0 Å². The summed E-state index contributed by atoms with van der Waals surface area (Å²) in [6.07, 6.45) is 5.47. The first-order chi connectivity index (χ1) is 10.1. The molecule has 0 spiro atoms. The molecular weight excluding hydrogens is 286 g/mol. The van der Waals surface area contributed by atoms with Crippen molar-refractivity contribution in [3.8, 4) is 0 Å². The van der Waals surface area contributed by atoms with Gasteiger partial charge in [0.05, 0.1) is 5.75 Å². The van der Waals surface area contributed by atoms with Crippen LogP contribution in [0.3, 0.4) is 0 Å². The second-order valence-electron chi connectivity index (χ2n) is 5.65. The van der Waals surface area contributed by atoms with E-state index in [1.807, 2.05) is 24.4 Å². The lowest BCUT2D eigenvalue weighted by atomic mass is 10.0. The minimum absolute atomic E-state index is 0.0196. The van der Waals surface area contributed by atoms with E-state index < -0.39 is 10.0 Å². The number of aromatic amines is 1. The monoisotopic (exact) mass is 307 g/mol. The van der Waals surface area contributed by atoms with Gasteiger partial charge in [0.25, 0.3) is 0 Å². The van der Waals surface area contributed by atoms with Crippen LogP contribution in [0.1, 0.15) is 24.0 Å². The molecule has 3 N–H and O–H groups in total. The van der Waals surface area contributed by atoms with Crippen LogP contribution < -0.4 is 10.0 Å². The van der Waals surface area contributed by atoms with Crippen molar-refractivity contribution in [2.75, 3.05) is 13.6 Å². The molecule has 21 heavy (non-hydrogen) atoms. The minimum atomic E-state index is -3.23. The van der Waals surface area contributed by atoms with Gasteiger partial charge in [0, 0.05) is 23.1 Å². The summed E-state index contributed by atoms with van der Waals surface area (Å²) >= 11 is 0. The standard InChI is InChI=1S/C15H21N3O2S/c1-16-21(19,20)10-11-4-5-15-14(7-11)12(9-18-15)8-13-3-2-6-17-13/h4-5,7,9,13,16-18H,2-3,6,8,10H2,1H3/t13-/m0/s1. The van der Waals surface area contributed by atoms with E-state index in [1.54, 1.807) is 0 Å². The van der Waals surface area contributed by atoms with Crippen molar-refractivity contribution in [2.24, 2.45) is 0 Å². The van der Waals surface area contributed by atoms with E-state index in [-0.39, 0.29) is 5.75 Å². The van der Waals surface area contributed by atoms with E-state index in [1.165, 1.54) is 25.5 Å². The van der Waals surface area contributed by atoms with Crippen LogP contribution in [0.2, 0.25) is 0 Å². The van der Waals surface area contributed by atoms with Crippen molar-refractivity contribution in [3.63, 3.8) is 0 Å². The Labute approximate surface area is 125 Å². The fraction of sp³-hybridized carbons (Fsp3) is 0.467. The van der Waals surface area contributed by atoms with Crippen molar-refractivity contribution in [3.05, 3.63) is 35.5 Å². The average molecular weight is 307 g/mol. The highest BCUT2D eigenvalue weighted by Crippen LogP contribution is 2.23. The number of aromatic nitrogens is 1. The predicted octanol–water partition coefficient (Wildman–Crippen LogP) is 1.51. The SMILES string of the molecule is CNS(=O)(=O)Cc1ccc2[nH]cc(C[C@@H]3CCCN3)c2c1. The Morgan fingerprint density at radius 3 is 2.95 bits per heavy atom. The normalized spacial score (nSPS) is 19.4. The smallest absolute Gasteiger partial charge is 0.215 e. The summed E-state index contributed by atoms with van der Waals surface area (Å²) < 4.78 is 25.7. The molecule has 1 aliphatic rings. The molecule has 1 atom stereocenters. The molecule has 1 aliphatic heterocycles. The number of hydrogen-bond acceptors (Lipinski definition) is 3. The van der Waals surface area contributed by atoms with Crippen molar-refractivity contribution in [1.82, 2.24) is 15.0 Å². The van der Waals surface area contributed by atoms with Crippen LogP contribution in [0.5, 0.6) is 0 Å². The number of H-pyrrole nitrogens is 1. The van der Waals surface area contributed by atoms with Crippen LogP contribution >= 0.6 is 0 Å². The van der Waals surface area contributed by atoms with E-state index in [9.17, 15) is 8.42 Å². The van der Waals surface area contributed by atoms with E-state index in [4.69, 9.17) is 0 Å². The fourth-order valence-electron chi connectivity index (χ4n) is 2.97. The van der Waals surface area contributed by atoms with Gasteiger partial charge in [-0.15, -0.1) is 0 Å². The van der Waals surface area contributed by atoms with Crippen LogP contribution in [0, 0.1) is 0 Å². The quantitative estimate of drug-likeness (QED) is 0.784. The lowest BCUT2D eigenvalue weighted by Gasteiger charge is -2.09. The maximum absolute atomic E-state index is 11.7. The van der Waals surface area contributed by atoms with Crippen LogP contribution in [0.4, 0.5) is 0 Å². The zero-order chi connectivity index (χ0) is 14.9. The largest absolute Gasteiger partial charge is 0.361 e. The zero-order valence-electron chi connectivity index (χ0n) is 12.1. The predicted molar refractivity (Wildman–Crippen MR) is 84.7 cm³/mol. The molecule has 2 heterocycles. The number of hydrogen-bond donors (Lipinski definition) is 3. The highest BCUT2D eigenvalue weighted by Gasteiger charge is 2.17. The lowest BCUT2D eigenvalue weighted by Crippen LogP contribution is -2.23. The van der Waals surface area contributed by atoms with Gasteiger partial charge in [0.2, 0.25) is 10.0 Å². The number of benzene rings is 1. The Kier molecular flexibility index (Phi) is 4.01. The number of fused-ring (bicyclic) bond motifs is 1. The Morgan fingerprint density at radius 2 is 2.24 bits per heavy atom. The first-order valence-corrected chi connectivity index (χ1v) is 8.96. The lowest BCUT2D eigenvalue weighted by molar-refractivity contribution is 0.587. The highest BCUT2D eigenvalue weighted by atomic mass is 32.2. The summed E-state index contributed by atoms with van der Waals surface area (Å²) in [6.45, 7) is 1.10. The number of sulfonamides is 1. The van der Waals surface area contributed by atoms with Gasteiger partial charge >= 0.3 is 0 Å². The van der Waals surface area contributed by atoms with Gasteiger partial charge in [-0.25, -0.2) is 13.1 Å². The summed E-state index contributed by atoms with van der Waals surface area (Å²) in [6, 6.07) is 6.35. The first-order valence-electron chi connectivity index (χ1n) is 7.31. The van der Waals surface area contributed by atoms with Gasteiger partial charge in [-0.3, -0.25) is 0 Å². The molecule has 0 unspecified atom stereocenters. The average Bonchev–Trinajstić information content (AvgIpc) is 3.09. The summed E-state index contributed by atoms with van der Waals surface area (Å²) in [4.78, 5) is 3.27. The van der Waals surface area contributed by atoms with E-state index in [2.05, 4.69) is 15.0 Å².